The zero-order valence-electron chi connectivity index (χ0n) is 14.6. The second-order valence-corrected chi connectivity index (χ2v) is 9.32. The number of rotatable bonds is 1. The van der Waals surface area contributed by atoms with E-state index in [9.17, 15) is 4.79 Å². The standard InChI is InChI=1S/C20H32O2/c1-19-9-7-16-15(18(19)17(22-3)8-10-19)5-4-13-12-14(21)6-11-20(13,16)2/h13,15-18H,4-12H2,1-3H3/t13?,15-,16?,17-,18?,19-,20+/m0/s1. The molecule has 22 heavy (non-hydrogen) atoms. The number of carbonyl (C=O) groups excluding carboxylic acids is 1. The van der Waals surface area contributed by atoms with Crippen LogP contribution in [0.4, 0.5) is 0 Å². The second-order valence-electron chi connectivity index (χ2n) is 9.32. The van der Waals surface area contributed by atoms with E-state index in [1.165, 1.54) is 38.5 Å². The quantitative estimate of drug-likeness (QED) is 0.707. The Bertz CT molecular complexity index is 472. The van der Waals surface area contributed by atoms with Crippen molar-refractivity contribution >= 4 is 5.78 Å². The molecule has 7 atom stereocenters. The predicted molar refractivity (Wildman–Crippen MR) is 87.5 cm³/mol. The van der Waals surface area contributed by atoms with Crippen LogP contribution in [0, 0.1) is 34.5 Å². The number of hydrogen-bond acceptors (Lipinski definition) is 2. The molecule has 4 aliphatic carbocycles. The first-order chi connectivity index (χ1) is 10.5. The van der Waals surface area contributed by atoms with Crippen LogP contribution in [0.2, 0.25) is 0 Å². The molecular weight excluding hydrogens is 272 g/mol. The van der Waals surface area contributed by atoms with Crippen molar-refractivity contribution < 1.29 is 9.53 Å². The van der Waals surface area contributed by atoms with Gasteiger partial charge in [-0.05, 0) is 79.4 Å². The van der Waals surface area contributed by atoms with Gasteiger partial charge in [-0.15, -0.1) is 0 Å². The highest BCUT2D eigenvalue weighted by atomic mass is 16.5. The van der Waals surface area contributed by atoms with Gasteiger partial charge in [-0.2, -0.15) is 0 Å². The molecule has 2 nitrogen and oxygen atoms in total. The number of ether oxygens (including phenoxy) is 1. The van der Waals surface area contributed by atoms with Crippen LogP contribution in [0.1, 0.15) is 71.6 Å². The minimum absolute atomic E-state index is 0.430. The van der Waals surface area contributed by atoms with E-state index in [-0.39, 0.29) is 0 Å². The van der Waals surface area contributed by atoms with Crippen LogP contribution in [-0.4, -0.2) is 19.0 Å². The lowest BCUT2D eigenvalue weighted by Gasteiger charge is -2.60. The molecule has 0 saturated heterocycles. The van der Waals surface area contributed by atoms with Gasteiger partial charge in [-0.1, -0.05) is 13.8 Å². The summed E-state index contributed by atoms with van der Waals surface area (Å²) < 4.78 is 5.93. The summed E-state index contributed by atoms with van der Waals surface area (Å²) in [5.74, 6) is 3.65. The Morgan fingerprint density at radius 1 is 1.05 bits per heavy atom. The van der Waals surface area contributed by atoms with Gasteiger partial charge < -0.3 is 4.74 Å². The third-order valence-electron chi connectivity index (χ3n) is 8.56. The van der Waals surface area contributed by atoms with Crippen LogP contribution in [-0.2, 0) is 9.53 Å². The zero-order valence-corrected chi connectivity index (χ0v) is 14.6. The molecule has 2 heteroatoms. The van der Waals surface area contributed by atoms with E-state index in [1.54, 1.807) is 0 Å². The number of ketones is 1. The maximum Gasteiger partial charge on any atom is 0.133 e. The summed E-state index contributed by atoms with van der Waals surface area (Å²) >= 11 is 0. The lowest BCUT2D eigenvalue weighted by Crippen LogP contribution is -2.54. The van der Waals surface area contributed by atoms with Crippen LogP contribution in [0.5, 0.6) is 0 Å². The van der Waals surface area contributed by atoms with Crippen molar-refractivity contribution in [2.75, 3.05) is 7.11 Å². The third-order valence-corrected chi connectivity index (χ3v) is 8.56. The van der Waals surface area contributed by atoms with Crippen LogP contribution >= 0.6 is 0 Å². The summed E-state index contributed by atoms with van der Waals surface area (Å²) in [5.41, 5.74) is 0.953. The topological polar surface area (TPSA) is 26.3 Å². The molecule has 0 aromatic heterocycles. The van der Waals surface area contributed by atoms with Crippen LogP contribution < -0.4 is 0 Å². The van der Waals surface area contributed by atoms with Crippen molar-refractivity contribution in [2.24, 2.45) is 34.5 Å². The lowest BCUT2D eigenvalue weighted by molar-refractivity contribution is -0.144. The van der Waals surface area contributed by atoms with Gasteiger partial charge in [0.25, 0.3) is 0 Å². The smallest absolute Gasteiger partial charge is 0.133 e. The van der Waals surface area contributed by atoms with E-state index in [2.05, 4.69) is 13.8 Å². The van der Waals surface area contributed by atoms with E-state index in [1.807, 2.05) is 7.11 Å². The average Bonchev–Trinajstić information content (AvgIpc) is 2.85. The Morgan fingerprint density at radius 3 is 2.59 bits per heavy atom. The van der Waals surface area contributed by atoms with Crippen molar-refractivity contribution in [1.29, 1.82) is 0 Å². The third kappa shape index (κ3) is 1.98. The summed E-state index contributed by atoms with van der Waals surface area (Å²) in [6, 6.07) is 0. The fraction of sp³-hybridized carbons (Fsp3) is 0.950. The molecule has 4 rings (SSSR count). The normalized spacial score (nSPS) is 54.5. The molecule has 0 spiro atoms. The Balaban J connectivity index is 1.65. The maximum atomic E-state index is 11.9. The van der Waals surface area contributed by atoms with Gasteiger partial charge in [0, 0.05) is 20.0 Å². The number of methoxy groups -OCH3 is 1. The molecule has 3 unspecified atom stereocenters. The average molecular weight is 304 g/mol. The number of Topliss-reactive ketones (excluding diaryl/α,β-unsaturated/α-hetero) is 1. The molecule has 0 aromatic rings. The van der Waals surface area contributed by atoms with Gasteiger partial charge in [0.2, 0.25) is 0 Å². The van der Waals surface area contributed by atoms with E-state index in [4.69, 9.17) is 4.74 Å². The number of fused-ring (bicyclic) bond motifs is 5. The lowest BCUT2D eigenvalue weighted by atomic mass is 9.45. The first-order valence-corrected chi connectivity index (χ1v) is 9.52. The van der Waals surface area contributed by atoms with Gasteiger partial charge in [0.15, 0.2) is 0 Å². The van der Waals surface area contributed by atoms with E-state index in [0.29, 0.717) is 28.6 Å². The molecule has 0 aliphatic heterocycles. The van der Waals surface area contributed by atoms with E-state index >= 15 is 0 Å². The molecule has 0 amide bonds. The van der Waals surface area contributed by atoms with Crippen LogP contribution in [0.25, 0.3) is 0 Å². The number of hydrogen-bond donors (Lipinski definition) is 0. The number of carbonyl (C=O) groups is 1. The monoisotopic (exact) mass is 304 g/mol. The fourth-order valence-electron chi connectivity index (χ4n) is 7.30. The molecule has 0 heterocycles. The summed E-state index contributed by atoms with van der Waals surface area (Å²) in [5, 5.41) is 0. The molecule has 0 N–H and O–H groups in total. The van der Waals surface area contributed by atoms with Gasteiger partial charge in [-0.3, -0.25) is 4.79 Å². The SMILES string of the molecule is CO[C@H]1CC[C@]2(C)CCC3[C@H](CCC4CC(=O)CC[C@]43C)C12. The van der Waals surface area contributed by atoms with Crippen molar-refractivity contribution in [2.45, 2.75) is 77.7 Å². The van der Waals surface area contributed by atoms with Crippen molar-refractivity contribution in [1.82, 2.24) is 0 Å². The molecule has 0 bridgehead atoms. The van der Waals surface area contributed by atoms with E-state index < -0.39 is 0 Å². The largest absolute Gasteiger partial charge is 0.381 e. The Morgan fingerprint density at radius 2 is 1.82 bits per heavy atom. The van der Waals surface area contributed by atoms with Gasteiger partial charge in [0.05, 0.1) is 6.10 Å². The summed E-state index contributed by atoms with van der Waals surface area (Å²) in [7, 11) is 1.92. The highest BCUT2D eigenvalue weighted by Crippen LogP contribution is 2.66. The van der Waals surface area contributed by atoms with Crippen LogP contribution in [0.15, 0.2) is 0 Å². The molecule has 4 aliphatic rings. The molecule has 124 valence electrons. The predicted octanol–water partition coefficient (Wildman–Crippen LogP) is 4.61. The van der Waals surface area contributed by atoms with Gasteiger partial charge in [-0.25, -0.2) is 0 Å². The highest BCUT2D eigenvalue weighted by molar-refractivity contribution is 5.79. The fourth-order valence-corrected chi connectivity index (χ4v) is 7.30. The molecule has 0 aromatic carbocycles. The highest BCUT2D eigenvalue weighted by Gasteiger charge is 2.60. The first kappa shape index (κ1) is 15.2. The van der Waals surface area contributed by atoms with Gasteiger partial charge >= 0.3 is 0 Å². The Kier molecular flexibility index (Phi) is 3.49. The van der Waals surface area contributed by atoms with Crippen LogP contribution in [0.3, 0.4) is 0 Å². The molecule has 0 radical (unpaired) electrons. The summed E-state index contributed by atoms with van der Waals surface area (Å²) in [6.07, 6.45) is 11.4. The Hall–Kier alpha value is -0.370. The van der Waals surface area contributed by atoms with Crippen molar-refractivity contribution in [3.63, 3.8) is 0 Å². The first-order valence-electron chi connectivity index (χ1n) is 9.52. The minimum atomic E-state index is 0.430. The van der Waals surface area contributed by atoms with Crippen molar-refractivity contribution in [3.8, 4) is 0 Å². The Labute approximate surface area is 135 Å². The molecular formula is C20H32O2. The summed E-state index contributed by atoms with van der Waals surface area (Å²) in [6.45, 7) is 5.06. The second kappa shape index (κ2) is 5.06. The minimum Gasteiger partial charge on any atom is -0.381 e. The van der Waals surface area contributed by atoms with Crippen molar-refractivity contribution in [3.05, 3.63) is 0 Å². The molecule has 4 saturated carbocycles. The molecule has 4 fully saturated rings. The summed E-state index contributed by atoms with van der Waals surface area (Å²) in [4.78, 5) is 11.9. The maximum absolute atomic E-state index is 11.9. The van der Waals surface area contributed by atoms with E-state index in [0.717, 1.165) is 37.0 Å². The van der Waals surface area contributed by atoms with Gasteiger partial charge in [0.1, 0.15) is 5.78 Å². The zero-order chi connectivity index (χ0) is 15.5.